The van der Waals surface area contributed by atoms with E-state index in [2.05, 4.69) is 6.92 Å². The molecule has 0 saturated carbocycles. The molecular formula is C18H36S. The van der Waals surface area contributed by atoms with Gasteiger partial charge in [-0.05, 0) is 18.2 Å². The first-order valence-electron chi connectivity index (χ1n) is 8.85. The lowest BCUT2D eigenvalue weighted by atomic mass is 10.0. The molecule has 0 amide bonds. The van der Waals surface area contributed by atoms with E-state index in [9.17, 15) is 0 Å². The first-order valence-corrected chi connectivity index (χ1v) is 9.32. The summed E-state index contributed by atoms with van der Waals surface area (Å²) >= 11 is 4.83. The van der Waals surface area contributed by atoms with Gasteiger partial charge in [0.25, 0.3) is 0 Å². The van der Waals surface area contributed by atoms with Crippen molar-refractivity contribution < 1.29 is 0 Å². The maximum atomic E-state index is 4.83. The molecule has 0 heterocycles. The molecule has 0 aromatic rings. The van der Waals surface area contributed by atoms with Crippen molar-refractivity contribution >= 4 is 17.6 Å². The maximum absolute atomic E-state index is 4.83. The van der Waals surface area contributed by atoms with E-state index in [1.807, 2.05) is 5.37 Å². The third kappa shape index (κ3) is 18.1. The highest BCUT2D eigenvalue weighted by Crippen LogP contribution is 2.13. The SMILES string of the molecule is CCCCCCCCCCCCCCCCCC=S. The van der Waals surface area contributed by atoms with Gasteiger partial charge in [0, 0.05) is 0 Å². The van der Waals surface area contributed by atoms with Gasteiger partial charge in [-0.1, -0.05) is 109 Å². The van der Waals surface area contributed by atoms with Crippen molar-refractivity contribution in [1.82, 2.24) is 0 Å². The van der Waals surface area contributed by atoms with E-state index in [0.717, 1.165) is 6.42 Å². The van der Waals surface area contributed by atoms with E-state index in [1.165, 1.54) is 96.3 Å². The Balaban J connectivity index is 2.89. The fourth-order valence-electron chi connectivity index (χ4n) is 2.60. The van der Waals surface area contributed by atoms with Crippen LogP contribution in [0.25, 0.3) is 0 Å². The van der Waals surface area contributed by atoms with Gasteiger partial charge in [-0.15, -0.1) is 0 Å². The predicted octanol–water partition coefficient (Wildman–Crippen LogP) is 7.25. The van der Waals surface area contributed by atoms with E-state index < -0.39 is 0 Å². The van der Waals surface area contributed by atoms with Gasteiger partial charge in [-0.25, -0.2) is 0 Å². The summed E-state index contributed by atoms with van der Waals surface area (Å²) < 4.78 is 0. The molecule has 0 spiro atoms. The van der Waals surface area contributed by atoms with Gasteiger partial charge < -0.3 is 0 Å². The highest BCUT2D eigenvalue weighted by atomic mass is 32.1. The van der Waals surface area contributed by atoms with Gasteiger partial charge in [0.1, 0.15) is 0 Å². The summed E-state index contributed by atoms with van der Waals surface area (Å²) in [6.07, 6.45) is 22.7. The Hall–Kier alpha value is 0.0900. The van der Waals surface area contributed by atoms with Crippen LogP contribution in [0, 0.1) is 0 Å². The Labute approximate surface area is 127 Å². The van der Waals surface area contributed by atoms with Crippen LogP contribution in [0.4, 0.5) is 0 Å². The van der Waals surface area contributed by atoms with Gasteiger partial charge in [-0.3, -0.25) is 0 Å². The van der Waals surface area contributed by atoms with Crippen molar-refractivity contribution in [2.75, 3.05) is 0 Å². The fraction of sp³-hybridized carbons (Fsp3) is 0.944. The molecule has 0 rings (SSSR count). The first kappa shape index (κ1) is 19.1. The molecule has 0 aromatic heterocycles. The lowest BCUT2D eigenvalue weighted by Gasteiger charge is -2.03. The van der Waals surface area contributed by atoms with Crippen LogP contribution in [-0.4, -0.2) is 5.37 Å². The van der Waals surface area contributed by atoms with Crippen molar-refractivity contribution in [1.29, 1.82) is 0 Å². The van der Waals surface area contributed by atoms with Crippen LogP contribution in [0.2, 0.25) is 0 Å². The number of hydrogen-bond acceptors (Lipinski definition) is 1. The number of thiocarbonyl (C=S) groups is 1. The zero-order valence-corrected chi connectivity index (χ0v) is 14.1. The molecule has 114 valence electrons. The van der Waals surface area contributed by atoms with Crippen molar-refractivity contribution in [2.45, 2.75) is 110 Å². The lowest BCUT2D eigenvalue weighted by molar-refractivity contribution is 0.533. The van der Waals surface area contributed by atoms with Crippen LogP contribution >= 0.6 is 12.2 Å². The summed E-state index contributed by atoms with van der Waals surface area (Å²) in [5, 5.41) is 1.88. The standard InChI is InChI=1S/C18H36S/c1-2-3-4-5-6-7-8-9-10-11-12-13-14-15-16-17-18-19/h18H,2-17H2,1H3. The highest BCUT2D eigenvalue weighted by molar-refractivity contribution is 7.78. The molecule has 19 heavy (non-hydrogen) atoms. The van der Waals surface area contributed by atoms with E-state index in [4.69, 9.17) is 12.2 Å². The Bertz CT molecular complexity index is 165. The molecule has 0 atom stereocenters. The van der Waals surface area contributed by atoms with Crippen molar-refractivity contribution in [3.8, 4) is 0 Å². The summed E-state index contributed by atoms with van der Waals surface area (Å²) in [5.41, 5.74) is 0. The van der Waals surface area contributed by atoms with Crippen LogP contribution < -0.4 is 0 Å². The Morgan fingerprint density at radius 2 is 0.842 bits per heavy atom. The quantitative estimate of drug-likeness (QED) is 0.212. The molecule has 0 saturated heterocycles. The zero-order chi connectivity index (χ0) is 14.0. The molecule has 0 aliphatic heterocycles. The largest absolute Gasteiger partial charge is 0.0935 e. The first-order chi connectivity index (χ1) is 9.41. The second-order valence-corrected chi connectivity index (χ2v) is 6.24. The minimum Gasteiger partial charge on any atom is -0.0935 e. The van der Waals surface area contributed by atoms with E-state index in [-0.39, 0.29) is 0 Å². The number of rotatable bonds is 16. The molecule has 0 aromatic carbocycles. The maximum Gasteiger partial charge on any atom is -0.0210 e. The van der Waals surface area contributed by atoms with Gasteiger partial charge in [0.15, 0.2) is 0 Å². The lowest BCUT2D eigenvalue weighted by Crippen LogP contribution is -1.83. The number of unbranched alkanes of at least 4 members (excludes halogenated alkanes) is 15. The Kier molecular flexibility index (Phi) is 18.2. The van der Waals surface area contributed by atoms with E-state index in [1.54, 1.807) is 0 Å². The summed E-state index contributed by atoms with van der Waals surface area (Å²) in [5.74, 6) is 0. The summed E-state index contributed by atoms with van der Waals surface area (Å²) in [4.78, 5) is 0. The molecule has 0 nitrogen and oxygen atoms in total. The average Bonchev–Trinajstić information content (AvgIpc) is 2.43. The number of hydrogen-bond donors (Lipinski definition) is 0. The van der Waals surface area contributed by atoms with Gasteiger partial charge in [0.2, 0.25) is 0 Å². The Morgan fingerprint density at radius 3 is 1.16 bits per heavy atom. The topological polar surface area (TPSA) is 0 Å². The van der Waals surface area contributed by atoms with Gasteiger partial charge in [-0.2, -0.15) is 0 Å². The van der Waals surface area contributed by atoms with Crippen LogP contribution in [0.15, 0.2) is 0 Å². The van der Waals surface area contributed by atoms with Gasteiger partial charge in [0.05, 0.1) is 0 Å². The summed E-state index contributed by atoms with van der Waals surface area (Å²) in [6, 6.07) is 0. The highest BCUT2D eigenvalue weighted by Gasteiger charge is 1.93. The summed E-state index contributed by atoms with van der Waals surface area (Å²) in [7, 11) is 0. The smallest absolute Gasteiger partial charge is 0.0210 e. The average molecular weight is 285 g/mol. The molecule has 1 heteroatoms. The van der Waals surface area contributed by atoms with Crippen molar-refractivity contribution in [3.05, 3.63) is 0 Å². The molecule has 0 unspecified atom stereocenters. The third-order valence-corrected chi connectivity index (χ3v) is 4.16. The van der Waals surface area contributed by atoms with Crippen LogP contribution in [0.3, 0.4) is 0 Å². The molecule has 0 bridgehead atoms. The minimum absolute atomic E-state index is 1.13. The van der Waals surface area contributed by atoms with Crippen LogP contribution in [0.1, 0.15) is 110 Å². The Morgan fingerprint density at radius 1 is 0.526 bits per heavy atom. The predicted molar refractivity (Wildman–Crippen MR) is 93.2 cm³/mol. The second kappa shape index (κ2) is 18.1. The second-order valence-electron chi connectivity index (χ2n) is 5.91. The molecule has 0 aliphatic rings. The molecule has 0 radical (unpaired) electrons. The molecular weight excluding hydrogens is 248 g/mol. The van der Waals surface area contributed by atoms with E-state index in [0.29, 0.717) is 0 Å². The van der Waals surface area contributed by atoms with Crippen LogP contribution in [-0.2, 0) is 0 Å². The van der Waals surface area contributed by atoms with Gasteiger partial charge >= 0.3 is 0 Å². The monoisotopic (exact) mass is 284 g/mol. The minimum atomic E-state index is 1.13. The van der Waals surface area contributed by atoms with Crippen molar-refractivity contribution in [3.63, 3.8) is 0 Å². The molecule has 0 N–H and O–H groups in total. The fourth-order valence-corrected chi connectivity index (χ4v) is 2.77. The van der Waals surface area contributed by atoms with Crippen molar-refractivity contribution in [2.24, 2.45) is 0 Å². The normalized spacial score (nSPS) is 10.8. The van der Waals surface area contributed by atoms with Crippen LogP contribution in [0.5, 0.6) is 0 Å². The molecule has 0 fully saturated rings. The third-order valence-electron chi connectivity index (χ3n) is 3.93. The zero-order valence-electron chi connectivity index (χ0n) is 13.3. The van der Waals surface area contributed by atoms with E-state index >= 15 is 0 Å². The summed E-state index contributed by atoms with van der Waals surface area (Å²) in [6.45, 7) is 2.29. The molecule has 0 aliphatic carbocycles.